The minimum atomic E-state index is -3.00. The molecule has 4 unspecified atom stereocenters. The Morgan fingerprint density at radius 3 is 2.57 bits per heavy atom. The lowest BCUT2D eigenvalue weighted by atomic mass is 9.86. The van der Waals surface area contributed by atoms with E-state index in [2.05, 4.69) is 0 Å². The molecule has 1 saturated heterocycles. The van der Waals surface area contributed by atoms with Crippen molar-refractivity contribution in [2.45, 2.75) is 58.4 Å². The Labute approximate surface area is 166 Å². The second kappa shape index (κ2) is 7.32. The highest BCUT2D eigenvalue weighted by Gasteiger charge is 2.40. The number of carbonyl (C=O) groups is 2. The number of aryl methyl sites for hydroxylation is 1. The molecule has 28 heavy (non-hydrogen) atoms. The van der Waals surface area contributed by atoms with Crippen molar-refractivity contribution < 1.29 is 22.7 Å². The number of Topliss-reactive ketones (excluding diaryl/α,β-unsaturated/α-hetero) is 1. The summed E-state index contributed by atoms with van der Waals surface area (Å²) in [4.78, 5) is 24.8. The summed E-state index contributed by atoms with van der Waals surface area (Å²) in [6, 6.07) is 1.67. The van der Waals surface area contributed by atoms with E-state index < -0.39 is 9.84 Å². The van der Waals surface area contributed by atoms with Crippen LogP contribution in [0, 0.1) is 31.6 Å². The van der Waals surface area contributed by atoms with E-state index in [-0.39, 0.29) is 35.9 Å². The molecule has 1 aromatic heterocycles. The summed E-state index contributed by atoms with van der Waals surface area (Å²) < 4.78 is 30.9. The summed E-state index contributed by atoms with van der Waals surface area (Å²) in [5.41, 5.74) is 2.15. The van der Waals surface area contributed by atoms with Crippen molar-refractivity contribution in [3.8, 4) is 0 Å². The molecule has 1 aromatic rings. The number of hydrogen-bond acceptors (Lipinski definition) is 5. The fourth-order valence-corrected chi connectivity index (χ4v) is 7.42. The normalized spacial score (nSPS) is 30.6. The van der Waals surface area contributed by atoms with E-state index in [0.717, 1.165) is 23.7 Å². The zero-order chi connectivity index (χ0) is 20.1. The van der Waals surface area contributed by atoms with E-state index in [9.17, 15) is 18.0 Å². The molecule has 2 bridgehead atoms. The molecule has 2 saturated carbocycles. The van der Waals surface area contributed by atoms with Crippen LogP contribution in [0.3, 0.4) is 0 Å². The highest BCUT2D eigenvalue weighted by Crippen LogP contribution is 2.49. The van der Waals surface area contributed by atoms with Crippen LogP contribution in [-0.4, -0.2) is 42.9 Å². The van der Waals surface area contributed by atoms with Crippen LogP contribution in [0.15, 0.2) is 6.07 Å². The Hall–Kier alpha value is -1.63. The quantitative estimate of drug-likeness (QED) is 0.535. The van der Waals surface area contributed by atoms with Crippen LogP contribution < -0.4 is 0 Å². The molecule has 4 atom stereocenters. The van der Waals surface area contributed by atoms with Crippen molar-refractivity contribution in [3.63, 3.8) is 0 Å². The molecule has 2 aliphatic carbocycles. The van der Waals surface area contributed by atoms with Crippen LogP contribution >= 0.6 is 0 Å². The Kier molecular flexibility index (Phi) is 5.14. The topological polar surface area (TPSA) is 82.4 Å². The maximum Gasteiger partial charge on any atom is 0.306 e. The lowest BCUT2D eigenvalue weighted by Gasteiger charge is -2.20. The zero-order valence-electron chi connectivity index (χ0n) is 16.6. The van der Waals surface area contributed by atoms with Crippen LogP contribution in [0.1, 0.15) is 66.3 Å². The van der Waals surface area contributed by atoms with E-state index in [4.69, 9.17) is 4.74 Å². The molecule has 0 amide bonds. The van der Waals surface area contributed by atoms with Gasteiger partial charge in [0.1, 0.15) is 0 Å². The number of aromatic nitrogens is 1. The smallest absolute Gasteiger partial charge is 0.306 e. The van der Waals surface area contributed by atoms with Gasteiger partial charge < -0.3 is 9.30 Å². The Morgan fingerprint density at radius 1 is 1.18 bits per heavy atom. The average Bonchev–Trinajstić information content (AvgIpc) is 3.37. The number of ether oxygens (including phenoxy) is 1. The monoisotopic (exact) mass is 407 g/mol. The predicted molar refractivity (Wildman–Crippen MR) is 105 cm³/mol. The molecule has 0 radical (unpaired) electrons. The average molecular weight is 408 g/mol. The first-order valence-electron chi connectivity index (χ1n) is 10.3. The van der Waals surface area contributed by atoms with Gasteiger partial charge in [0.2, 0.25) is 5.78 Å². The minimum Gasteiger partial charge on any atom is -0.457 e. The highest BCUT2D eigenvalue weighted by molar-refractivity contribution is 7.91. The number of ketones is 1. The van der Waals surface area contributed by atoms with Crippen LogP contribution in [0.5, 0.6) is 0 Å². The van der Waals surface area contributed by atoms with Gasteiger partial charge in [-0.1, -0.05) is 6.42 Å². The highest BCUT2D eigenvalue weighted by atomic mass is 32.2. The number of esters is 1. The van der Waals surface area contributed by atoms with Crippen LogP contribution in [0.2, 0.25) is 0 Å². The third-order valence-corrected chi connectivity index (χ3v) is 8.79. The zero-order valence-corrected chi connectivity index (χ0v) is 17.5. The SMILES string of the molecule is Cc1cc(C(=O)COC(=O)CC2CC3CCC2C3)c(C)n1C1CCS(=O)(=O)C1. The van der Waals surface area contributed by atoms with Gasteiger partial charge in [-0.3, -0.25) is 9.59 Å². The predicted octanol–water partition coefficient (Wildman–Crippen LogP) is 3.02. The second-order valence-electron chi connectivity index (χ2n) is 8.93. The molecule has 154 valence electrons. The van der Waals surface area contributed by atoms with Gasteiger partial charge >= 0.3 is 5.97 Å². The molecule has 4 rings (SSSR count). The summed E-state index contributed by atoms with van der Waals surface area (Å²) >= 11 is 0. The number of carbonyl (C=O) groups excluding carboxylic acids is 2. The molecule has 1 aliphatic heterocycles. The van der Waals surface area contributed by atoms with Crippen molar-refractivity contribution in [3.05, 3.63) is 23.0 Å². The first kappa shape index (κ1) is 19.7. The van der Waals surface area contributed by atoms with E-state index in [0.29, 0.717) is 30.2 Å². The third-order valence-electron chi connectivity index (χ3n) is 7.04. The molecule has 2 heterocycles. The second-order valence-corrected chi connectivity index (χ2v) is 11.2. The molecule has 0 spiro atoms. The fourth-order valence-electron chi connectivity index (χ4n) is 5.72. The number of sulfone groups is 1. The van der Waals surface area contributed by atoms with Gasteiger partial charge in [-0.15, -0.1) is 0 Å². The van der Waals surface area contributed by atoms with Crippen LogP contribution in [0.25, 0.3) is 0 Å². The van der Waals surface area contributed by atoms with Gasteiger partial charge in [-0.25, -0.2) is 8.42 Å². The van der Waals surface area contributed by atoms with E-state index >= 15 is 0 Å². The Balaban J connectivity index is 1.36. The van der Waals surface area contributed by atoms with Crippen LogP contribution in [0.4, 0.5) is 0 Å². The van der Waals surface area contributed by atoms with Crippen molar-refractivity contribution >= 4 is 21.6 Å². The Bertz CT molecular complexity index is 900. The molecule has 3 fully saturated rings. The third kappa shape index (κ3) is 3.78. The lowest BCUT2D eigenvalue weighted by Crippen LogP contribution is -2.20. The largest absolute Gasteiger partial charge is 0.457 e. The van der Waals surface area contributed by atoms with Gasteiger partial charge in [0.15, 0.2) is 16.4 Å². The molecule has 6 nitrogen and oxygen atoms in total. The van der Waals surface area contributed by atoms with E-state index in [1.807, 2.05) is 18.4 Å². The summed E-state index contributed by atoms with van der Waals surface area (Å²) in [6.45, 7) is 3.48. The molecule has 3 aliphatic rings. The minimum absolute atomic E-state index is 0.119. The number of hydrogen-bond donors (Lipinski definition) is 0. The first-order chi connectivity index (χ1) is 13.2. The maximum atomic E-state index is 12.6. The van der Waals surface area contributed by atoms with Crippen molar-refractivity contribution in [2.24, 2.45) is 17.8 Å². The van der Waals surface area contributed by atoms with Gasteiger partial charge in [0, 0.05) is 29.4 Å². The molecule has 7 heteroatoms. The molecule has 0 aromatic carbocycles. The number of fused-ring (bicyclic) bond motifs is 2. The summed E-state index contributed by atoms with van der Waals surface area (Å²) in [6.07, 6.45) is 5.90. The van der Waals surface area contributed by atoms with Gasteiger partial charge in [0.25, 0.3) is 0 Å². The molecule has 0 N–H and O–H groups in total. The van der Waals surface area contributed by atoms with Crippen molar-refractivity contribution in [1.82, 2.24) is 4.57 Å². The van der Waals surface area contributed by atoms with Crippen molar-refractivity contribution in [1.29, 1.82) is 0 Å². The first-order valence-corrected chi connectivity index (χ1v) is 12.1. The number of nitrogens with zero attached hydrogens (tertiary/aromatic N) is 1. The van der Waals surface area contributed by atoms with E-state index in [1.165, 1.54) is 19.3 Å². The molecular weight excluding hydrogens is 378 g/mol. The summed E-state index contributed by atoms with van der Waals surface area (Å²) in [7, 11) is -3.00. The van der Waals surface area contributed by atoms with E-state index in [1.54, 1.807) is 6.07 Å². The maximum absolute atomic E-state index is 12.6. The standard InChI is InChI=1S/C21H29NO5S/c1-13-7-19(14(2)22(13)18-5-6-28(25,26)12-18)20(23)11-27-21(24)10-17-9-15-3-4-16(17)8-15/h7,15-18H,3-6,8-12H2,1-2H3. The summed E-state index contributed by atoms with van der Waals surface area (Å²) in [5, 5.41) is 0. The van der Waals surface area contributed by atoms with Gasteiger partial charge in [-0.05, 0) is 63.4 Å². The lowest BCUT2D eigenvalue weighted by molar-refractivity contribution is -0.144. The number of rotatable bonds is 6. The van der Waals surface area contributed by atoms with Gasteiger partial charge in [0.05, 0.1) is 11.5 Å². The van der Waals surface area contributed by atoms with Crippen molar-refractivity contribution in [2.75, 3.05) is 18.1 Å². The Morgan fingerprint density at radius 2 is 1.96 bits per heavy atom. The molecular formula is C21H29NO5S. The fraction of sp³-hybridized carbons (Fsp3) is 0.714. The van der Waals surface area contributed by atoms with Gasteiger partial charge in [-0.2, -0.15) is 0 Å². The van der Waals surface area contributed by atoms with Crippen LogP contribution in [-0.2, 0) is 19.4 Å². The summed E-state index contributed by atoms with van der Waals surface area (Å²) in [5.74, 6) is 1.69.